The molecule has 0 spiro atoms. The van der Waals surface area contributed by atoms with E-state index in [1.54, 1.807) is 0 Å². The molecule has 0 N–H and O–H groups in total. The zero-order chi connectivity index (χ0) is 18.1. The van der Waals surface area contributed by atoms with E-state index in [2.05, 4.69) is 32.2 Å². The van der Waals surface area contributed by atoms with E-state index < -0.39 is 10.2 Å². The fourth-order valence-corrected chi connectivity index (χ4v) is 5.27. The minimum atomic E-state index is -3.48. The summed E-state index contributed by atoms with van der Waals surface area (Å²) in [6, 6.07) is 8.07. The van der Waals surface area contributed by atoms with Crippen molar-refractivity contribution < 1.29 is 13.2 Å². The van der Waals surface area contributed by atoms with Crippen molar-refractivity contribution in [2.45, 2.75) is 19.5 Å². The van der Waals surface area contributed by atoms with Gasteiger partial charge in [0.1, 0.15) is 11.6 Å². The van der Waals surface area contributed by atoms with Crippen molar-refractivity contribution in [3.63, 3.8) is 0 Å². The molecular weight excluding hydrogens is 422 g/mol. The van der Waals surface area contributed by atoms with Crippen LogP contribution in [0.3, 0.4) is 0 Å². The Balaban J connectivity index is 1.51. The summed E-state index contributed by atoms with van der Waals surface area (Å²) < 4.78 is 36.9. The van der Waals surface area contributed by atoms with Crippen molar-refractivity contribution in [1.82, 2.24) is 23.4 Å². The third-order valence-electron chi connectivity index (χ3n) is 4.67. The van der Waals surface area contributed by atoms with E-state index >= 15 is 0 Å². The highest BCUT2D eigenvalue weighted by molar-refractivity contribution is 9.10. The third kappa shape index (κ3) is 3.56. The standard InChI is InChI=1S/C16H20BrN5O3S/c17-14-3-1-2-13(10-14)11-15-18-19-16-12-21(4-5-22(15)16)26(23,24)20-6-8-25-9-7-20/h1-3,10H,4-9,11-12H2. The van der Waals surface area contributed by atoms with Crippen LogP contribution < -0.4 is 0 Å². The zero-order valence-electron chi connectivity index (χ0n) is 14.2. The second-order valence-electron chi connectivity index (χ2n) is 6.34. The summed E-state index contributed by atoms with van der Waals surface area (Å²) in [6.07, 6.45) is 0.669. The number of fused-ring (bicyclic) bond motifs is 1. The second kappa shape index (κ2) is 7.35. The number of rotatable bonds is 4. The van der Waals surface area contributed by atoms with Crippen LogP contribution in [0.5, 0.6) is 0 Å². The van der Waals surface area contributed by atoms with Gasteiger partial charge in [0.05, 0.1) is 19.8 Å². The van der Waals surface area contributed by atoms with Crippen LogP contribution in [-0.4, -0.2) is 64.6 Å². The fraction of sp³-hybridized carbons (Fsp3) is 0.500. The Hall–Kier alpha value is -1.33. The van der Waals surface area contributed by atoms with Gasteiger partial charge in [-0.1, -0.05) is 28.1 Å². The summed E-state index contributed by atoms with van der Waals surface area (Å²) in [5.74, 6) is 1.56. The summed E-state index contributed by atoms with van der Waals surface area (Å²) in [6.45, 7) is 2.94. The van der Waals surface area contributed by atoms with Gasteiger partial charge >= 0.3 is 0 Å². The van der Waals surface area contributed by atoms with E-state index in [4.69, 9.17) is 4.74 Å². The lowest BCUT2D eigenvalue weighted by Gasteiger charge is -2.34. The molecule has 2 aliphatic heterocycles. The molecular formula is C16H20BrN5O3S. The molecule has 0 amide bonds. The molecule has 2 aliphatic rings. The Kier molecular flexibility index (Phi) is 5.11. The first-order valence-electron chi connectivity index (χ1n) is 8.52. The molecule has 10 heteroatoms. The highest BCUT2D eigenvalue weighted by Gasteiger charge is 2.34. The van der Waals surface area contributed by atoms with Crippen LogP contribution in [0.4, 0.5) is 0 Å². The average molecular weight is 442 g/mol. The average Bonchev–Trinajstić information content (AvgIpc) is 3.05. The van der Waals surface area contributed by atoms with Gasteiger partial charge in [0.25, 0.3) is 10.2 Å². The van der Waals surface area contributed by atoms with Crippen LogP contribution >= 0.6 is 15.9 Å². The van der Waals surface area contributed by atoms with Crippen LogP contribution in [0.15, 0.2) is 28.7 Å². The maximum atomic E-state index is 12.8. The normalized spacial score (nSPS) is 19.4. The van der Waals surface area contributed by atoms with Crippen molar-refractivity contribution in [2.75, 3.05) is 32.8 Å². The summed E-state index contributed by atoms with van der Waals surface area (Å²) in [5, 5.41) is 8.53. The number of morpholine rings is 1. The predicted molar refractivity (Wildman–Crippen MR) is 98.7 cm³/mol. The highest BCUT2D eigenvalue weighted by atomic mass is 79.9. The van der Waals surface area contributed by atoms with Gasteiger partial charge in [-0.05, 0) is 17.7 Å². The van der Waals surface area contributed by atoms with E-state index in [0.29, 0.717) is 51.6 Å². The molecule has 0 atom stereocenters. The first kappa shape index (κ1) is 18.1. The molecule has 0 aliphatic carbocycles. The van der Waals surface area contributed by atoms with Gasteiger partial charge in [-0.25, -0.2) is 0 Å². The van der Waals surface area contributed by atoms with Crippen molar-refractivity contribution in [3.05, 3.63) is 46.0 Å². The molecule has 8 nitrogen and oxygen atoms in total. The van der Waals surface area contributed by atoms with E-state index in [9.17, 15) is 8.42 Å². The van der Waals surface area contributed by atoms with Crippen molar-refractivity contribution in [3.8, 4) is 0 Å². The Morgan fingerprint density at radius 3 is 2.65 bits per heavy atom. The Morgan fingerprint density at radius 1 is 1.08 bits per heavy atom. The van der Waals surface area contributed by atoms with Gasteiger partial charge < -0.3 is 9.30 Å². The number of halogens is 1. The van der Waals surface area contributed by atoms with Crippen LogP contribution in [0.1, 0.15) is 17.2 Å². The minimum absolute atomic E-state index is 0.255. The number of ether oxygens (including phenoxy) is 1. The van der Waals surface area contributed by atoms with Crippen molar-refractivity contribution in [1.29, 1.82) is 0 Å². The van der Waals surface area contributed by atoms with Crippen LogP contribution in [-0.2, 0) is 34.5 Å². The number of aromatic nitrogens is 3. The first-order valence-corrected chi connectivity index (χ1v) is 10.7. The van der Waals surface area contributed by atoms with E-state index in [1.165, 1.54) is 8.61 Å². The van der Waals surface area contributed by atoms with Crippen molar-refractivity contribution in [2.24, 2.45) is 0 Å². The highest BCUT2D eigenvalue weighted by Crippen LogP contribution is 2.21. The van der Waals surface area contributed by atoms with Gasteiger partial charge in [0.2, 0.25) is 0 Å². The molecule has 26 heavy (non-hydrogen) atoms. The van der Waals surface area contributed by atoms with Gasteiger partial charge in [-0.2, -0.15) is 17.0 Å². The molecule has 1 fully saturated rings. The molecule has 0 unspecified atom stereocenters. The zero-order valence-corrected chi connectivity index (χ0v) is 16.6. The lowest BCUT2D eigenvalue weighted by molar-refractivity contribution is 0.0695. The topological polar surface area (TPSA) is 80.6 Å². The number of benzene rings is 1. The SMILES string of the molecule is O=S(=O)(N1CCOCC1)N1CCn2c(Cc3cccc(Br)c3)nnc2C1. The third-order valence-corrected chi connectivity index (χ3v) is 7.14. The Morgan fingerprint density at radius 2 is 1.88 bits per heavy atom. The van der Waals surface area contributed by atoms with Gasteiger partial charge in [0, 0.05) is 37.1 Å². The first-order chi connectivity index (χ1) is 12.5. The summed E-state index contributed by atoms with van der Waals surface area (Å²) in [7, 11) is -3.48. The number of nitrogens with zero attached hydrogens (tertiary/aromatic N) is 5. The molecule has 1 aromatic heterocycles. The van der Waals surface area contributed by atoms with Gasteiger partial charge in [-0.15, -0.1) is 10.2 Å². The van der Waals surface area contributed by atoms with Gasteiger partial charge in [0.15, 0.2) is 0 Å². The van der Waals surface area contributed by atoms with Crippen LogP contribution in [0, 0.1) is 0 Å². The molecule has 1 saturated heterocycles. The fourth-order valence-electron chi connectivity index (χ4n) is 3.29. The largest absolute Gasteiger partial charge is 0.379 e. The van der Waals surface area contributed by atoms with E-state index in [0.717, 1.165) is 15.9 Å². The molecule has 140 valence electrons. The van der Waals surface area contributed by atoms with E-state index in [1.807, 2.05) is 22.8 Å². The summed E-state index contributed by atoms with van der Waals surface area (Å²) in [5.41, 5.74) is 1.14. The molecule has 4 rings (SSSR count). The smallest absolute Gasteiger partial charge is 0.282 e. The number of hydrogen-bond donors (Lipinski definition) is 0. The van der Waals surface area contributed by atoms with Gasteiger partial charge in [-0.3, -0.25) is 0 Å². The minimum Gasteiger partial charge on any atom is -0.379 e. The molecule has 3 heterocycles. The predicted octanol–water partition coefficient (Wildman–Crippen LogP) is 1.02. The second-order valence-corrected chi connectivity index (χ2v) is 9.19. The van der Waals surface area contributed by atoms with E-state index in [-0.39, 0.29) is 6.54 Å². The quantitative estimate of drug-likeness (QED) is 0.707. The Bertz CT molecular complexity index is 895. The number of hydrogen-bond acceptors (Lipinski definition) is 5. The molecule has 2 aromatic rings. The molecule has 0 saturated carbocycles. The lowest BCUT2D eigenvalue weighted by atomic mass is 10.1. The molecule has 1 aromatic carbocycles. The Labute approximate surface area is 161 Å². The maximum absolute atomic E-state index is 12.8. The summed E-state index contributed by atoms with van der Waals surface area (Å²) in [4.78, 5) is 0. The maximum Gasteiger partial charge on any atom is 0.282 e. The van der Waals surface area contributed by atoms with Crippen LogP contribution in [0.2, 0.25) is 0 Å². The monoisotopic (exact) mass is 441 g/mol. The summed E-state index contributed by atoms with van der Waals surface area (Å²) >= 11 is 3.48. The lowest BCUT2D eigenvalue weighted by Crippen LogP contribution is -2.50. The molecule has 0 bridgehead atoms. The molecule has 0 radical (unpaired) electrons. The van der Waals surface area contributed by atoms with Crippen LogP contribution in [0.25, 0.3) is 0 Å². The van der Waals surface area contributed by atoms with Crippen molar-refractivity contribution >= 4 is 26.1 Å².